The van der Waals surface area contributed by atoms with Gasteiger partial charge in [-0.25, -0.2) is 0 Å². The van der Waals surface area contributed by atoms with Crippen molar-refractivity contribution in [1.82, 2.24) is 16.0 Å². The zero-order valence-corrected chi connectivity index (χ0v) is 22.4. The molecular formula is C28H36N8O4. The number of primary amides is 1. The summed E-state index contributed by atoms with van der Waals surface area (Å²) in [7, 11) is 0. The summed E-state index contributed by atoms with van der Waals surface area (Å²) in [5, 5.41) is 11.2. The van der Waals surface area contributed by atoms with Crippen molar-refractivity contribution in [3.63, 3.8) is 0 Å². The lowest BCUT2D eigenvalue weighted by Gasteiger charge is -2.23. The predicted octanol–water partition coefficient (Wildman–Crippen LogP) is -0.0331. The Kier molecular flexibility index (Phi) is 10.6. The maximum atomic E-state index is 13.4. The van der Waals surface area contributed by atoms with Crippen LogP contribution in [0.1, 0.15) is 36.8 Å². The summed E-state index contributed by atoms with van der Waals surface area (Å²) < 4.78 is 0. The van der Waals surface area contributed by atoms with Gasteiger partial charge in [-0.3, -0.25) is 24.2 Å². The molecule has 2 aromatic rings. The minimum Gasteiger partial charge on any atom is -0.384 e. The zero-order chi connectivity index (χ0) is 29.1. The largest absolute Gasteiger partial charge is 0.384 e. The highest BCUT2D eigenvalue weighted by molar-refractivity contribution is 5.99. The Morgan fingerprint density at radius 1 is 0.975 bits per heavy atom. The molecule has 0 bridgehead atoms. The third-order valence-electron chi connectivity index (χ3n) is 6.32. The fraction of sp³-hybridized carbons (Fsp3) is 0.321. The molecule has 3 atom stereocenters. The molecule has 2 aromatic carbocycles. The van der Waals surface area contributed by atoms with E-state index in [4.69, 9.17) is 17.2 Å². The van der Waals surface area contributed by atoms with Crippen molar-refractivity contribution >= 4 is 35.3 Å². The van der Waals surface area contributed by atoms with E-state index in [0.29, 0.717) is 13.0 Å². The van der Waals surface area contributed by atoms with Gasteiger partial charge in [0, 0.05) is 38.0 Å². The number of amides is 4. The Balaban J connectivity index is 1.79. The fourth-order valence-electron chi connectivity index (χ4n) is 4.42. The van der Waals surface area contributed by atoms with E-state index in [1.54, 1.807) is 6.08 Å². The van der Waals surface area contributed by atoms with E-state index in [2.05, 4.69) is 26.3 Å². The maximum Gasteiger partial charge on any atom is 0.264 e. The van der Waals surface area contributed by atoms with E-state index in [1.165, 1.54) is 6.92 Å². The Morgan fingerprint density at radius 2 is 1.68 bits per heavy atom. The number of nitrogens with zero attached hydrogens (tertiary/aromatic N) is 1. The van der Waals surface area contributed by atoms with Crippen molar-refractivity contribution < 1.29 is 19.2 Å². The molecule has 1 aliphatic heterocycles. The number of guanidine groups is 1. The van der Waals surface area contributed by atoms with Gasteiger partial charge in [-0.15, -0.1) is 0 Å². The Labute approximate surface area is 232 Å². The standard InChI is InChI=1S/C28H36N8O4/c1-17(37)34-24(14-18-8-3-2-4-9-18)27(40)35-22(12-7-13-32-28(30)31)26(39)36-23(25(29)38)15-19-16-33-21-11-6-5-10-20(19)21/h2-6,8-11,15,19,22,24,33H,7,12-14,16H2,1H3,(H2,29,38)(H,34,37)(H,35,40)(H,36,39)(H4,30,31,32)/b23-15+. The highest BCUT2D eigenvalue weighted by Crippen LogP contribution is 2.32. The minimum absolute atomic E-state index is 0.0836. The second-order valence-electron chi connectivity index (χ2n) is 9.46. The Hall–Kier alpha value is -4.87. The van der Waals surface area contributed by atoms with Crippen LogP contribution < -0.4 is 38.5 Å². The summed E-state index contributed by atoms with van der Waals surface area (Å²) in [6.45, 7) is 2.07. The van der Waals surface area contributed by atoms with Gasteiger partial charge < -0.3 is 38.5 Å². The first-order chi connectivity index (χ1) is 19.1. The van der Waals surface area contributed by atoms with Gasteiger partial charge in [-0.2, -0.15) is 0 Å². The van der Waals surface area contributed by atoms with E-state index in [0.717, 1.165) is 16.8 Å². The smallest absolute Gasteiger partial charge is 0.264 e. The molecule has 12 heteroatoms. The second-order valence-corrected chi connectivity index (χ2v) is 9.46. The average molecular weight is 549 g/mol. The summed E-state index contributed by atoms with van der Waals surface area (Å²) in [4.78, 5) is 54.7. The molecule has 3 rings (SSSR count). The monoisotopic (exact) mass is 548 g/mol. The van der Waals surface area contributed by atoms with Crippen LogP contribution in [0, 0.1) is 0 Å². The van der Waals surface area contributed by atoms with E-state index in [-0.39, 0.29) is 37.0 Å². The van der Waals surface area contributed by atoms with Gasteiger partial charge in [-0.1, -0.05) is 48.5 Å². The van der Waals surface area contributed by atoms with Crippen molar-refractivity contribution in [2.75, 3.05) is 18.4 Å². The third kappa shape index (κ3) is 8.86. The molecule has 0 radical (unpaired) electrons. The molecule has 0 fully saturated rings. The molecule has 4 amide bonds. The van der Waals surface area contributed by atoms with Crippen molar-refractivity contribution in [3.8, 4) is 0 Å². The first kappa shape index (κ1) is 29.7. The van der Waals surface area contributed by atoms with Crippen LogP contribution in [0.25, 0.3) is 0 Å². The molecule has 0 spiro atoms. The normalized spacial score (nSPS) is 15.5. The van der Waals surface area contributed by atoms with Gasteiger partial charge in [-0.05, 0) is 36.1 Å². The summed E-state index contributed by atoms with van der Waals surface area (Å²) in [5.41, 5.74) is 19.0. The van der Waals surface area contributed by atoms with E-state index >= 15 is 0 Å². The number of carbonyl (C=O) groups is 4. The number of carbonyl (C=O) groups excluding carboxylic acids is 4. The number of benzene rings is 2. The number of hydrogen-bond donors (Lipinski definition) is 7. The molecule has 0 aromatic heterocycles. The van der Waals surface area contributed by atoms with Crippen molar-refractivity contribution in [2.45, 2.75) is 44.2 Å². The lowest BCUT2D eigenvalue weighted by atomic mass is 10.00. The number of rotatable bonds is 13. The zero-order valence-electron chi connectivity index (χ0n) is 22.4. The van der Waals surface area contributed by atoms with Crippen LogP contribution in [0.5, 0.6) is 0 Å². The highest BCUT2D eigenvalue weighted by atomic mass is 16.2. The molecule has 0 saturated carbocycles. The lowest BCUT2D eigenvalue weighted by Crippen LogP contribution is -2.54. The van der Waals surface area contributed by atoms with Crippen LogP contribution in [0.4, 0.5) is 5.69 Å². The minimum atomic E-state index is -1.06. The molecule has 10 N–H and O–H groups in total. The number of aliphatic imine (C=N–C) groups is 1. The van der Waals surface area contributed by atoms with Crippen LogP contribution in [-0.4, -0.2) is 54.8 Å². The SMILES string of the molecule is CC(=O)NC(Cc1ccccc1)C(=O)NC(CCCN=C(N)N)C(=O)N/C(=C/C1CNc2ccccc21)C(N)=O. The van der Waals surface area contributed by atoms with Gasteiger partial charge in [0.2, 0.25) is 17.7 Å². The van der Waals surface area contributed by atoms with E-state index < -0.39 is 35.7 Å². The molecule has 0 aliphatic carbocycles. The average Bonchev–Trinajstić information content (AvgIpc) is 3.32. The summed E-state index contributed by atoms with van der Waals surface area (Å²) >= 11 is 0. The number of nitrogens with two attached hydrogens (primary N) is 3. The number of hydrogen-bond acceptors (Lipinski definition) is 6. The Bertz CT molecular complexity index is 1270. The quantitative estimate of drug-likeness (QED) is 0.0786. The first-order valence-corrected chi connectivity index (χ1v) is 13.0. The van der Waals surface area contributed by atoms with Crippen LogP contribution in [-0.2, 0) is 25.6 Å². The van der Waals surface area contributed by atoms with E-state index in [1.807, 2.05) is 54.6 Å². The highest BCUT2D eigenvalue weighted by Gasteiger charge is 2.28. The summed E-state index contributed by atoms with van der Waals surface area (Å²) in [6, 6.07) is 14.8. The molecule has 40 heavy (non-hydrogen) atoms. The maximum absolute atomic E-state index is 13.4. The fourth-order valence-corrected chi connectivity index (χ4v) is 4.42. The first-order valence-electron chi connectivity index (χ1n) is 13.0. The third-order valence-corrected chi connectivity index (χ3v) is 6.32. The summed E-state index contributed by atoms with van der Waals surface area (Å²) in [5.74, 6) is -2.69. The predicted molar refractivity (Wildman–Crippen MR) is 153 cm³/mol. The van der Waals surface area contributed by atoms with Crippen molar-refractivity contribution in [2.24, 2.45) is 22.2 Å². The van der Waals surface area contributed by atoms with Gasteiger partial charge in [0.15, 0.2) is 5.96 Å². The Morgan fingerprint density at radius 3 is 2.35 bits per heavy atom. The topological polar surface area (TPSA) is 207 Å². The van der Waals surface area contributed by atoms with Crippen LogP contribution >= 0.6 is 0 Å². The molecule has 1 aliphatic rings. The molecule has 212 valence electrons. The summed E-state index contributed by atoms with van der Waals surface area (Å²) in [6.07, 6.45) is 2.34. The van der Waals surface area contributed by atoms with Gasteiger partial charge >= 0.3 is 0 Å². The van der Waals surface area contributed by atoms with Crippen LogP contribution in [0.15, 0.2) is 71.4 Å². The van der Waals surface area contributed by atoms with Gasteiger partial charge in [0.05, 0.1) is 0 Å². The van der Waals surface area contributed by atoms with E-state index in [9.17, 15) is 19.2 Å². The van der Waals surface area contributed by atoms with Crippen LogP contribution in [0.2, 0.25) is 0 Å². The van der Waals surface area contributed by atoms with Gasteiger partial charge in [0.1, 0.15) is 17.8 Å². The van der Waals surface area contributed by atoms with Crippen LogP contribution in [0.3, 0.4) is 0 Å². The van der Waals surface area contributed by atoms with Gasteiger partial charge in [0.25, 0.3) is 5.91 Å². The number of fused-ring (bicyclic) bond motifs is 1. The lowest BCUT2D eigenvalue weighted by molar-refractivity contribution is -0.131. The molecule has 0 saturated heterocycles. The van der Waals surface area contributed by atoms with Crippen molar-refractivity contribution in [1.29, 1.82) is 0 Å². The number of nitrogens with one attached hydrogen (secondary N) is 4. The molecular weight excluding hydrogens is 512 g/mol. The molecule has 3 unspecified atom stereocenters. The molecule has 12 nitrogen and oxygen atoms in total. The number of para-hydroxylation sites is 1. The number of anilines is 1. The second kappa shape index (κ2) is 14.3. The molecule has 1 heterocycles. The van der Waals surface area contributed by atoms with Crippen molar-refractivity contribution in [3.05, 3.63) is 77.5 Å².